The Kier molecular flexibility index (Phi) is 6.49. The van der Waals surface area contributed by atoms with Crippen molar-refractivity contribution in [1.29, 1.82) is 0 Å². The lowest BCUT2D eigenvalue weighted by molar-refractivity contribution is 0.0985. The number of benzene rings is 3. The van der Waals surface area contributed by atoms with Crippen LogP contribution in [0.15, 0.2) is 77.7 Å². The summed E-state index contributed by atoms with van der Waals surface area (Å²) in [4.78, 5) is 20.1. The van der Waals surface area contributed by atoms with Gasteiger partial charge in [0.2, 0.25) is 0 Å². The Morgan fingerprint density at radius 3 is 2.48 bits per heavy atom. The van der Waals surface area contributed by atoms with E-state index in [0.717, 1.165) is 15.8 Å². The van der Waals surface area contributed by atoms with Crippen LogP contribution in [0, 0.1) is 0 Å². The van der Waals surface area contributed by atoms with Crippen LogP contribution in [0.5, 0.6) is 5.75 Å². The minimum Gasteiger partial charge on any atom is -0.497 e. The number of amides is 1. The third kappa shape index (κ3) is 4.77. The molecule has 170 valence electrons. The standard InChI is InChI=1S/C25H24N2O4S2/c1-17(2)33(29,30)21-11-7-10-19(14-21)24(28)27(16-18-8-5-4-6-9-18)25-26-22-15-20(31-3)12-13-23(22)32-25/h4-15,17H,16H2,1-3H3. The zero-order valence-corrected chi connectivity index (χ0v) is 20.2. The van der Waals surface area contributed by atoms with Crippen LogP contribution < -0.4 is 9.64 Å². The molecule has 1 heterocycles. The average molecular weight is 481 g/mol. The molecule has 3 aromatic carbocycles. The van der Waals surface area contributed by atoms with Gasteiger partial charge in [0.15, 0.2) is 15.0 Å². The van der Waals surface area contributed by atoms with Crippen molar-refractivity contribution >= 4 is 42.4 Å². The first kappa shape index (κ1) is 22.9. The molecule has 0 radical (unpaired) electrons. The predicted octanol–water partition coefficient (Wildman–Crippen LogP) is 5.33. The summed E-state index contributed by atoms with van der Waals surface area (Å²) < 4.78 is 31.6. The fraction of sp³-hybridized carbons (Fsp3) is 0.200. The molecule has 33 heavy (non-hydrogen) atoms. The van der Waals surface area contributed by atoms with Crippen molar-refractivity contribution in [3.8, 4) is 5.75 Å². The Morgan fingerprint density at radius 2 is 1.79 bits per heavy atom. The molecule has 0 saturated heterocycles. The highest BCUT2D eigenvalue weighted by atomic mass is 32.2. The number of carbonyl (C=O) groups excluding carboxylic acids is 1. The molecular weight excluding hydrogens is 456 g/mol. The number of hydrogen-bond acceptors (Lipinski definition) is 6. The largest absolute Gasteiger partial charge is 0.497 e. The summed E-state index contributed by atoms with van der Waals surface area (Å²) in [5.41, 5.74) is 1.97. The molecular formula is C25H24N2O4S2. The summed E-state index contributed by atoms with van der Waals surface area (Å²) in [6.07, 6.45) is 0. The second-order valence-corrected chi connectivity index (χ2v) is 11.3. The molecule has 0 fully saturated rings. The lowest BCUT2D eigenvalue weighted by atomic mass is 10.1. The van der Waals surface area contributed by atoms with E-state index in [0.29, 0.717) is 23.0 Å². The van der Waals surface area contributed by atoms with Crippen LogP contribution in [0.1, 0.15) is 29.8 Å². The van der Waals surface area contributed by atoms with Crippen molar-refractivity contribution in [2.24, 2.45) is 0 Å². The molecule has 1 amide bonds. The first-order chi connectivity index (χ1) is 15.8. The van der Waals surface area contributed by atoms with Crippen LogP contribution in [0.2, 0.25) is 0 Å². The summed E-state index contributed by atoms with van der Waals surface area (Å²) >= 11 is 1.40. The fourth-order valence-electron chi connectivity index (χ4n) is 3.36. The van der Waals surface area contributed by atoms with Crippen molar-refractivity contribution in [3.05, 3.63) is 83.9 Å². The lowest BCUT2D eigenvalue weighted by Gasteiger charge is -2.20. The number of ether oxygens (including phenoxy) is 1. The number of anilines is 1. The molecule has 0 atom stereocenters. The molecule has 8 heteroatoms. The van der Waals surface area contributed by atoms with Gasteiger partial charge in [0, 0.05) is 11.6 Å². The van der Waals surface area contributed by atoms with Crippen LogP contribution in [0.3, 0.4) is 0 Å². The third-order valence-electron chi connectivity index (χ3n) is 5.27. The second-order valence-electron chi connectivity index (χ2n) is 7.83. The number of rotatable bonds is 7. The molecule has 0 aliphatic carbocycles. The van der Waals surface area contributed by atoms with Gasteiger partial charge in [-0.2, -0.15) is 0 Å². The van der Waals surface area contributed by atoms with Crippen LogP contribution in [0.25, 0.3) is 10.2 Å². The minimum absolute atomic E-state index is 0.136. The number of sulfone groups is 1. The smallest absolute Gasteiger partial charge is 0.260 e. The highest BCUT2D eigenvalue weighted by Gasteiger charge is 2.25. The third-order valence-corrected chi connectivity index (χ3v) is 8.48. The van der Waals surface area contributed by atoms with Gasteiger partial charge in [0.25, 0.3) is 5.91 Å². The Bertz CT molecular complexity index is 1400. The molecule has 0 spiro atoms. The topological polar surface area (TPSA) is 76.6 Å². The van der Waals surface area contributed by atoms with E-state index in [9.17, 15) is 13.2 Å². The Morgan fingerprint density at radius 1 is 1.03 bits per heavy atom. The van der Waals surface area contributed by atoms with Crippen molar-refractivity contribution < 1.29 is 17.9 Å². The molecule has 0 N–H and O–H groups in total. The average Bonchev–Trinajstić information content (AvgIpc) is 3.25. The highest BCUT2D eigenvalue weighted by molar-refractivity contribution is 7.92. The normalized spacial score (nSPS) is 11.6. The van der Waals surface area contributed by atoms with E-state index in [-0.39, 0.29) is 10.8 Å². The van der Waals surface area contributed by atoms with E-state index >= 15 is 0 Å². The maximum atomic E-state index is 13.7. The van der Waals surface area contributed by atoms with E-state index in [4.69, 9.17) is 4.74 Å². The molecule has 1 aromatic heterocycles. The van der Waals surface area contributed by atoms with Crippen LogP contribution in [0.4, 0.5) is 5.13 Å². The zero-order chi connectivity index (χ0) is 23.6. The van der Waals surface area contributed by atoms with Gasteiger partial charge >= 0.3 is 0 Å². The summed E-state index contributed by atoms with van der Waals surface area (Å²) in [5.74, 6) is 0.373. The van der Waals surface area contributed by atoms with Crippen molar-refractivity contribution in [3.63, 3.8) is 0 Å². The Balaban J connectivity index is 1.78. The number of fused-ring (bicyclic) bond motifs is 1. The number of carbonyl (C=O) groups is 1. The summed E-state index contributed by atoms with van der Waals surface area (Å²) in [5, 5.41) is -0.0493. The molecule has 0 bridgehead atoms. The summed E-state index contributed by atoms with van der Waals surface area (Å²) in [7, 11) is -1.91. The van der Waals surface area contributed by atoms with E-state index < -0.39 is 15.1 Å². The quantitative estimate of drug-likeness (QED) is 0.357. The molecule has 0 saturated carbocycles. The summed E-state index contributed by atoms with van der Waals surface area (Å²) in [6, 6.07) is 21.4. The highest BCUT2D eigenvalue weighted by Crippen LogP contribution is 2.33. The van der Waals surface area contributed by atoms with Gasteiger partial charge in [-0.15, -0.1) is 0 Å². The minimum atomic E-state index is -3.51. The van der Waals surface area contributed by atoms with Crippen LogP contribution in [-0.4, -0.2) is 31.7 Å². The molecule has 4 rings (SSSR count). The predicted molar refractivity (Wildman–Crippen MR) is 132 cm³/mol. The van der Waals surface area contributed by atoms with Gasteiger partial charge in [-0.05, 0) is 49.7 Å². The van der Waals surface area contributed by atoms with Crippen molar-refractivity contribution in [2.45, 2.75) is 30.5 Å². The maximum absolute atomic E-state index is 13.7. The molecule has 4 aromatic rings. The molecule has 0 unspecified atom stereocenters. The summed E-state index contributed by atoms with van der Waals surface area (Å²) in [6.45, 7) is 3.56. The number of aromatic nitrogens is 1. The number of nitrogens with zero attached hydrogens (tertiary/aromatic N) is 2. The van der Waals surface area contributed by atoms with E-state index in [1.165, 1.54) is 23.5 Å². The Labute approximate surface area is 197 Å². The zero-order valence-electron chi connectivity index (χ0n) is 18.6. The van der Waals surface area contributed by atoms with Gasteiger partial charge in [-0.25, -0.2) is 13.4 Å². The second kappa shape index (κ2) is 9.33. The van der Waals surface area contributed by atoms with Crippen LogP contribution >= 0.6 is 11.3 Å². The van der Waals surface area contributed by atoms with Crippen molar-refractivity contribution in [1.82, 2.24) is 4.98 Å². The fourth-order valence-corrected chi connectivity index (χ4v) is 5.41. The lowest BCUT2D eigenvalue weighted by Crippen LogP contribution is -2.30. The van der Waals surface area contributed by atoms with Crippen LogP contribution in [-0.2, 0) is 16.4 Å². The van der Waals surface area contributed by atoms with Gasteiger partial charge in [0.1, 0.15) is 5.75 Å². The number of methoxy groups -OCH3 is 1. The van der Waals surface area contributed by atoms with Gasteiger partial charge in [0.05, 0.1) is 34.0 Å². The van der Waals surface area contributed by atoms with Gasteiger partial charge in [-0.1, -0.05) is 47.7 Å². The van der Waals surface area contributed by atoms with Gasteiger partial charge in [-0.3, -0.25) is 9.69 Å². The molecule has 0 aliphatic heterocycles. The number of thiazole rings is 1. The molecule has 0 aliphatic rings. The monoisotopic (exact) mass is 480 g/mol. The van der Waals surface area contributed by atoms with Gasteiger partial charge < -0.3 is 4.74 Å². The van der Waals surface area contributed by atoms with E-state index in [1.807, 2.05) is 48.5 Å². The SMILES string of the molecule is COc1ccc2sc(N(Cc3ccccc3)C(=O)c3cccc(S(=O)(=O)C(C)C)c3)nc2c1. The Hall–Kier alpha value is -3.23. The molecule has 6 nitrogen and oxygen atoms in total. The first-order valence-corrected chi connectivity index (χ1v) is 12.8. The number of hydrogen-bond donors (Lipinski definition) is 0. The van der Waals surface area contributed by atoms with Crippen molar-refractivity contribution in [2.75, 3.05) is 12.0 Å². The van der Waals surface area contributed by atoms with E-state index in [2.05, 4.69) is 4.98 Å². The van der Waals surface area contributed by atoms with E-state index in [1.54, 1.807) is 38.0 Å². The first-order valence-electron chi connectivity index (χ1n) is 10.4. The maximum Gasteiger partial charge on any atom is 0.260 e.